The van der Waals surface area contributed by atoms with Crippen LogP contribution in [0.4, 0.5) is 5.69 Å². The number of amides is 3. The van der Waals surface area contributed by atoms with Crippen LogP contribution in [0.15, 0.2) is 29.6 Å². The number of nitrogens with one attached hydrogen (secondary N) is 3. The Hall–Kier alpha value is -4.08. The third kappa shape index (κ3) is 16.0. The summed E-state index contributed by atoms with van der Waals surface area (Å²) in [6, 6.07) is 5.41. The van der Waals surface area contributed by atoms with E-state index in [0.29, 0.717) is 36.7 Å². The number of aromatic nitrogens is 1. The van der Waals surface area contributed by atoms with Crippen molar-refractivity contribution in [3.8, 4) is 0 Å². The van der Waals surface area contributed by atoms with E-state index < -0.39 is 41.4 Å². The maximum absolute atomic E-state index is 14.9. The minimum absolute atomic E-state index is 0.0407. The quantitative estimate of drug-likeness (QED) is 0.0563. The van der Waals surface area contributed by atoms with Gasteiger partial charge in [-0.15, -0.1) is 11.3 Å². The van der Waals surface area contributed by atoms with Gasteiger partial charge in [-0.2, -0.15) is 0 Å². The Morgan fingerprint density at radius 2 is 1.70 bits per heavy atom. The number of carboxylic acids is 2. The van der Waals surface area contributed by atoms with Crippen LogP contribution in [0.3, 0.4) is 0 Å². The lowest BCUT2D eigenvalue weighted by Crippen LogP contribution is -2.59. The van der Waals surface area contributed by atoms with Crippen molar-refractivity contribution >= 4 is 46.7 Å². The van der Waals surface area contributed by atoms with Gasteiger partial charge in [0.1, 0.15) is 29.4 Å². The number of likely N-dealkylation sites (N-methyl/N-ethyl adjacent to an activating group) is 1. The molecule has 1 fully saturated rings. The molecule has 15 heteroatoms. The van der Waals surface area contributed by atoms with Crippen molar-refractivity contribution in [2.75, 3.05) is 38.6 Å². The Kier molecular flexibility index (Phi) is 21.1. The third-order valence-electron chi connectivity index (χ3n) is 12.0. The predicted molar refractivity (Wildman–Crippen MR) is 241 cm³/mol. The van der Waals surface area contributed by atoms with Crippen LogP contribution in [0.25, 0.3) is 0 Å². The molecule has 14 nitrogen and oxygen atoms in total. The molecular weight excluding hydrogens is 797 g/mol. The van der Waals surface area contributed by atoms with Gasteiger partial charge >= 0.3 is 11.9 Å². The first kappa shape index (κ1) is 51.3. The van der Waals surface area contributed by atoms with Crippen LogP contribution in [0.1, 0.15) is 147 Å². The van der Waals surface area contributed by atoms with Crippen molar-refractivity contribution in [1.82, 2.24) is 25.4 Å². The van der Waals surface area contributed by atoms with Gasteiger partial charge in [0.2, 0.25) is 11.8 Å². The van der Waals surface area contributed by atoms with Crippen molar-refractivity contribution in [3.63, 3.8) is 0 Å². The average molecular weight is 871 g/mol. The number of carbonyl (C=O) groups excluding carboxylic acids is 3. The number of unbranched alkanes of at least 4 members (excludes halogenated alkanes) is 3. The summed E-state index contributed by atoms with van der Waals surface area (Å²) in [5.41, 5.74) is 0.526. The molecule has 6 atom stereocenters. The van der Waals surface area contributed by atoms with Crippen molar-refractivity contribution < 1.29 is 38.9 Å². The molecule has 1 saturated heterocycles. The van der Waals surface area contributed by atoms with Gasteiger partial charge in [-0.3, -0.25) is 28.9 Å². The van der Waals surface area contributed by atoms with E-state index >= 15 is 0 Å². The number of nitrogens with zero attached hydrogens (tertiary/aromatic N) is 3. The molecule has 61 heavy (non-hydrogen) atoms. The van der Waals surface area contributed by atoms with Crippen molar-refractivity contribution in [2.45, 2.75) is 156 Å². The molecule has 1 aromatic carbocycles. The van der Waals surface area contributed by atoms with Crippen molar-refractivity contribution in [3.05, 3.63) is 45.9 Å². The van der Waals surface area contributed by atoms with E-state index in [1.165, 1.54) is 11.3 Å². The average Bonchev–Trinajstić information content (AvgIpc) is 3.71. The molecule has 0 spiro atoms. The second-order valence-electron chi connectivity index (χ2n) is 17.7. The number of aliphatic carboxylic acids is 2. The van der Waals surface area contributed by atoms with Gasteiger partial charge in [-0.25, -0.2) is 4.98 Å². The topological polar surface area (TPSA) is 190 Å². The van der Waals surface area contributed by atoms with Crippen LogP contribution in [0.2, 0.25) is 0 Å². The molecule has 342 valence electrons. The predicted octanol–water partition coefficient (Wildman–Crippen LogP) is 7.40. The molecule has 0 unspecified atom stereocenters. The highest BCUT2D eigenvalue weighted by Crippen LogP contribution is 2.32. The number of rotatable bonds is 27. The van der Waals surface area contributed by atoms with Gasteiger partial charge in [0, 0.05) is 42.7 Å². The highest BCUT2D eigenvalue weighted by Gasteiger charge is 2.38. The minimum Gasteiger partial charge on any atom is -0.481 e. The van der Waals surface area contributed by atoms with E-state index in [1.54, 1.807) is 31.4 Å². The Bertz CT molecular complexity index is 1700. The molecule has 0 saturated carbocycles. The molecule has 2 aromatic rings. The normalized spacial score (nSPS) is 17.2. The van der Waals surface area contributed by atoms with Crippen LogP contribution in [0.5, 0.6) is 0 Å². The van der Waals surface area contributed by atoms with Crippen LogP contribution < -0.4 is 16.0 Å². The lowest BCUT2D eigenvalue weighted by atomic mass is 9.84. The van der Waals surface area contributed by atoms with E-state index in [1.807, 2.05) is 44.9 Å². The summed E-state index contributed by atoms with van der Waals surface area (Å²) in [5.74, 6) is -2.61. The molecule has 1 aliphatic rings. The maximum Gasteiger partial charge on any atom is 0.322 e. The summed E-state index contributed by atoms with van der Waals surface area (Å²) in [6.45, 7) is 17.2. The highest BCUT2D eigenvalue weighted by atomic mass is 32.1. The number of hydrogen-bond acceptors (Lipinski definition) is 10. The monoisotopic (exact) mass is 871 g/mol. The second kappa shape index (κ2) is 25.1. The third-order valence-corrected chi connectivity index (χ3v) is 12.9. The van der Waals surface area contributed by atoms with Gasteiger partial charge in [-0.05, 0) is 96.0 Å². The first-order valence-electron chi connectivity index (χ1n) is 22.4. The molecule has 1 aromatic heterocycles. The van der Waals surface area contributed by atoms with E-state index in [-0.39, 0.29) is 54.4 Å². The van der Waals surface area contributed by atoms with E-state index in [0.717, 1.165) is 63.5 Å². The Morgan fingerprint density at radius 1 is 1.00 bits per heavy atom. The number of carbonyl (C=O) groups is 5. The van der Waals surface area contributed by atoms with E-state index in [2.05, 4.69) is 41.6 Å². The smallest absolute Gasteiger partial charge is 0.322 e. The lowest BCUT2D eigenvalue weighted by Gasteiger charge is -2.40. The summed E-state index contributed by atoms with van der Waals surface area (Å²) in [7, 11) is 1.98. The number of thiazole rings is 1. The Morgan fingerprint density at radius 3 is 2.30 bits per heavy atom. The summed E-state index contributed by atoms with van der Waals surface area (Å²) in [6.07, 6.45) is 7.90. The standard InChI is InChI=1S/C46H74N6O8S/c1-10-13-14-16-24-52(44(57)40(31(6)11-2)50-42(56)36-18-15-17-23-51(36)9)37(30(4)5)26-38(60-12-3)43-49-35(29-61-43)41(55)48-34(27-46(7,8)45(58)59)25-32-19-21-33(22-20-32)47-28-39(53)54/h19-22,29-31,34,36-38,40,47H,10-18,23-28H2,1-9H3,(H,48,55)(H,50,56)(H,53,54)(H,58,59)/t31-,34-,36+,37+,38+,40-/m0/s1. The fraction of sp³-hybridized carbons (Fsp3) is 0.696. The van der Waals surface area contributed by atoms with Crippen molar-refractivity contribution in [2.24, 2.45) is 17.3 Å². The summed E-state index contributed by atoms with van der Waals surface area (Å²) >= 11 is 1.32. The van der Waals surface area contributed by atoms with Crippen LogP contribution in [-0.2, 0) is 30.3 Å². The zero-order valence-electron chi connectivity index (χ0n) is 38.1. The first-order chi connectivity index (χ1) is 28.9. The fourth-order valence-electron chi connectivity index (χ4n) is 7.98. The number of benzene rings is 1. The summed E-state index contributed by atoms with van der Waals surface area (Å²) < 4.78 is 6.35. The zero-order chi connectivity index (χ0) is 45.3. The van der Waals surface area contributed by atoms with E-state index in [4.69, 9.17) is 14.8 Å². The minimum atomic E-state index is -1.14. The Balaban J connectivity index is 1.89. The number of likely N-dealkylation sites (tertiary alicyclic amines) is 1. The molecule has 2 heterocycles. The van der Waals surface area contributed by atoms with Gasteiger partial charge in [0.05, 0.1) is 11.5 Å². The second-order valence-corrected chi connectivity index (χ2v) is 18.6. The lowest BCUT2D eigenvalue weighted by molar-refractivity contribution is -0.147. The SMILES string of the molecule is CCCCCCN(C(=O)[C@@H](NC(=O)[C@H]1CCCCN1C)[C@@H](C)CC)[C@H](C[C@@H](OCC)c1nc(C(=O)N[C@@H](Cc2ccc(NCC(=O)O)cc2)CC(C)(C)C(=O)O)cs1)C(C)C. The van der Waals surface area contributed by atoms with Crippen LogP contribution in [-0.4, -0.2) is 112 Å². The number of ether oxygens (including phenoxy) is 1. The molecule has 3 amide bonds. The molecule has 0 radical (unpaired) electrons. The number of hydrogen-bond donors (Lipinski definition) is 5. The first-order valence-corrected chi connectivity index (χ1v) is 23.3. The largest absolute Gasteiger partial charge is 0.481 e. The van der Waals surface area contributed by atoms with Gasteiger partial charge < -0.3 is 35.8 Å². The van der Waals surface area contributed by atoms with E-state index in [9.17, 15) is 29.1 Å². The molecule has 0 aliphatic carbocycles. The Labute approximate surface area is 368 Å². The van der Waals surface area contributed by atoms with Gasteiger partial charge in [0.25, 0.3) is 5.91 Å². The zero-order valence-corrected chi connectivity index (χ0v) is 38.9. The molecule has 5 N–H and O–H groups in total. The summed E-state index contributed by atoms with van der Waals surface area (Å²) in [4.78, 5) is 74.5. The van der Waals surface area contributed by atoms with Gasteiger partial charge in [0.15, 0.2) is 0 Å². The van der Waals surface area contributed by atoms with Gasteiger partial charge in [-0.1, -0.05) is 78.9 Å². The number of piperidine rings is 1. The number of carboxylic acid groups (broad SMARTS) is 2. The fourth-order valence-corrected chi connectivity index (χ4v) is 8.84. The van der Waals surface area contributed by atoms with Crippen LogP contribution >= 0.6 is 11.3 Å². The maximum atomic E-state index is 14.9. The molecule has 0 bridgehead atoms. The summed E-state index contributed by atoms with van der Waals surface area (Å²) in [5, 5.41) is 30.3. The highest BCUT2D eigenvalue weighted by molar-refractivity contribution is 7.09. The van der Waals surface area contributed by atoms with Crippen molar-refractivity contribution in [1.29, 1.82) is 0 Å². The number of anilines is 1. The molecule has 1 aliphatic heterocycles. The molecular formula is C46H74N6O8S. The van der Waals surface area contributed by atoms with Crippen LogP contribution in [0, 0.1) is 17.3 Å². The molecule has 3 rings (SSSR count).